The number of nitrogens with zero attached hydrogens (tertiary/aromatic N) is 4. The average molecular weight is 1140 g/mol. The van der Waals surface area contributed by atoms with Crippen LogP contribution in [0.15, 0.2) is 303 Å². The van der Waals surface area contributed by atoms with Gasteiger partial charge in [0, 0.05) is 50.5 Å². The van der Waals surface area contributed by atoms with E-state index in [0.717, 1.165) is 118 Å². The molecule has 0 radical (unpaired) electrons. The summed E-state index contributed by atoms with van der Waals surface area (Å²) in [5, 5.41) is 11.8. The zero-order chi connectivity index (χ0) is 59.0. The Kier molecular flexibility index (Phi) is 12.4. The molecule has 4 nitrogen and oxygen atoms in total. The normalized spacial score (nSPS) is 12.4. The molecule has 0 aliphatic carbocycles. The average Bonchev–Trinajstić information content (AvgIpc) is 0.913. The molecule has 0 atom stereocenters. The fourth-order valence-electron chi connectivity index (χ4n) is 13.5. The first-order chi connectivity index (χ1) is 43.2. The van der Waals surface area contributed by atoms with E-state index in [-0.39, 0.29) is 6.71 Å². The number of hydrogen-bond acceptors (Lipinski definition) is 3. The minimum absolute atomic E-state index is 0.205. The first-order valence-electron chi connectivity index (χ1n) is 29.5. The molecule has 0 bridgehead atoms. The summed E-state index contributed by atoms with van der Waals surface area (Å²) in [6.07, 6.45) is -4.59. The fourth-order valence-corrected chi connectivity index (χ4v) is 13.5. The zero-order valence-corrected chi connectivity index (χ0v) is 47.4. The molecule has 0 saturated carbocycles. The molecule has 2 aliphatic heterocycles. The predicted molar refractivity (Wildman–Crippen MR) is 357 cm³/mol. The topological polar surface area (TPSA) is 35.2 Å². The number of alkyl halides is 3. The Morgan fingerprint density at radius 1 is 0.318 bits per heavy atom. The van der Waals surface area contributed by atoms with E-state index in [2.05, 4.69) is 251 Å². The van der Waals surface area contributed by atoms with Gasteiger partial charge in [-0.3, -0.25) is 0 Å². The van der Waals surface area contributed by atoms with Gasteiger partial charge < -0.3 is 14.4 Å². The van der Waals surface area contributed by atoms with Crippen LogP contribution in [0.1, 0.15) is 11.1 Å². The molecule has 0 unspecified atom stereocenters. The van der Waals surface area contributed by atoms with E-state index in [4.69, 9.17) is 0 Å². The van der Waals surface area contributed by atoms with Gasteiger partial charge in [-0.2, -0.15) is 18.4 Å². The molecule has 0 amide bonds. The molecule has 3 heterocycles. The van der Waals surface area contributed by atoms with Crippen molar-refractivity contribution < 1.29 is 13.2 Å². The van der Waals surface area contributed by atoms with Gasteiger partial charge in [-0.25, -0.2) is 0 Å². The summed E-state index contributed by atoms with van der Waals surface area (Å²) in [5.74, 6) is 0. The van der Waals surface area contributed by atoms with Gasteiger partial charge in [0.2, 0.25) is 0 Å². The highest BCUT2D eigenvalue weighted by atomic mass is 19.4. The minimum atomic E-state index is -4.59. The van der Waals surface area contributed by atoms with Crippen LogP contribution in [-0.2, 0) is 6.18 Å². The van der Waals surface area contributed by atoms with Gasteiger partial charge in [0.15, 0.2) is 0 Å². The summed E-state index contributed by atoms with van der Waals surface area (Å²) in [7, 11) is 0. The Hall–Kier alpha value is -11.4. The molecule has 0 fully saturated rings. The third kappa shape index (κ3) is 8.86. The third-order valence-corrected chi connectivity index (χ3v) is 17.6. The third-order valence-electron chi connectivity index (χ3n) is 17.6. The lowest BCUT2D eigenvalue weighted by Crippen LogP contribution is -2.61. The Bertz CT molecular complexity index is 4880. The maximum absolute atomic E-state index is 14.6. The Morgan fingerprint density at radius 3 is 1.27 bits per heavy atom. The lowest BCUT2D eigenvalue weighted by atomic mass is 9.33. The van der Waals surface area contributed by atoms with Gasteiger partial charge in [0.1, 0.15) is 0 Å². The van der Waals surface area contributed by atoms with Crippen molar-refractivity contribution in [2.45, 2.75) is 6.18 Å². The van der Waals surface area contributed by atoms with Crippen LogP contribution in [0.2, 0.25) is 0 Å². The van der Waals surface area contributed by atoms with Crippen LogP contribution >= 0.6 is 0 Å². The van der Waals surface area contributed by atoms with Gasteiger partial charge in [-0.1, -0.05) is 206 Å². The maximum atomic E-state index is 14.6. The van der Waals surface area contributed by atoms with Gasteiger partial charge >= 0.3 is 6.18 Å². The number of aromatic nitrogens is 1. The number of anilines is 6. The van der Waals surface area contributed by atoms with Crippen molar-refractivity contribution in [3.05, 3.63) is 314 Å². The molecule has 13 aromatic carbocycles. The van der Waals surface area contributed by atoms with Crippen molar-refractivity contribution in [1.82, 2.24) is 4.57 Å². The van der Waals surface area contributed by atoms with Crippen LogP contribution < -0.4 is 26.2 Å². The number of rotatable bonds is 9. The SMILES string of the molecule is N#Cc1cccc(-c2cc(C(F)(F)F)ccc2-n2c3ccccc3c3cc(-c4cc5c6c(c4)N(c4ccc(-c7ccccc7)cc4)c4ccc(-c7ccccc7)cc4B6c4cc(-c6ccccc6)ccc4N5c4ccc(-c5ccccc5)cc4)ccc32)c1. The number of fused-ring (bicyclic) bond motifs is 7. The standard InChI is InChI=1S/C80H50BF3N4/c82-80(83,84)64-35-43-73(68(50-64)62-25-15-16-52(44-62)51-85)88-72-27-14-13-26-67(72)69-45-59(32-40-74(69)88)63-48-77-79-78(49-63)87(66-38-30-58(31-39-66)54-19-7-2-8-20-54)76-42-34-61(56-23-11-4-12-24-56)47-71(76)81(79)70-46-60(55-21-9-3-10-22-55)33-41-75(70)86(77)65-36-28-57(29-37-65)53-17-5-1-6-18-53/h1-50H. The number of para-hydroxylation sites is 1. The zero-order valence-electron chi connectivity index (χ0n) is 47.4. The van der Waals surface area contributed by atoms with E-state index in [1.54, 1.807) is 30.3 Å². The summed E-state index contributed by atoms with van der Waals surface area (Å²) < 4.78 is 46.0. The van der Waals surface area contributed by atoms with Crippen molar-refractivity contribution in [3.63, 3.8) is 0 Å². The monoisotopic (exact) mass is 1130 g/mol. The van der Waals surface area contributed by atoms with Crippen LogP contribution in [-0.4, -0.2) is 11.3 Å². The predicted octanol–water partition coefficient (Wildman–Crippen LogP) is 19.8. The highest BCUT2D eigenvalue weighted by Crippen LogP contribution is 2.49. The molecule has 0 saturated heterocycles. The summed E-state index contributed by atoms with van der Waals surface area (Å²) in [4.78, 5) is 4.91. The lowest BCUT2D eigenvalue weighted by molar-refractivity contribution is -0.137. The van der Waals surface area contributed by atoms with Gasteiger partial charge in [-0.05, 0) is 175 Å². The van der Waals surface area contributed by atoms with Crippen LogP contribution in [0.25, 0.3) is 94.3 Å². The molecule has 8 heteroatoms. The molecule has 0 N–H and O–H groups in total. The van der Waals surface area contributed by atoms with E-state index in [1.165, 1.54) is 22.5 Å². The highest BCUT2D eigenvalue weighted by Gasteiger charge is 2.44. The Balaban J connectivity index is 0.965. The minimum Gasteiger partial charge on any atom is -0.311 e. The second-order valence-electron chi connectivity index (χ2n) is 22.6. The molecule has 414 valence electrons. The molecular weight excluding hydrogens is 1080 g/mol. The first kappa shape index (κ1) is 52.2. The van der Waals surface area contributed by atoms with Crippen LogP contribution in [0.5, 0.6) is 0 Å². The number of hydrogen-bond donors (Lipinski definition) is 0. The number of nitriles is 1. The summed E-state index contributed by atoms with van der Waals surface area (Å²) >= 11 is 0. The van der Waals surface area contributed by atoms with Crippen molar-refractivity contribution >= 4 is 79.0 Å². The largest absolute Gasteiger partial charge is 0.416 e. The molecule has 14 aromatic rings. The molecule has 2 aliphatic rings. The smallest absolute Gasteiger partial charge is 0.311 e. The Morgan fingerprint density at radius 2 is 0.750 bits per heavy atom. The number of halogens is 3. The van der Waals surface area contributed by atoms with Crippen LogP contribution in [0, 0.1) is 11.3 Å². The highest BCUT2D eigenvalue weighted by molar-refractivity contribution is 7.00. The lowest BCUT2D eigenvalue weighted by Gasteiger charge is -2.44. The van der Waals surface area contributed by atoms with Crippen LogP contribution in [0.3, 0.4) is 0 Å². The fraction of sp³-hybridized carbons (Fsp3) is 0.0125. The van der Waals surface area contributed by atoms with E-state index in [9.17, 15) is 18.4 Å². The summed E-state index contributed by atoms with van der Waals surface area (Å²) in [6.45, 7) is -0.205. The Labute approximate surface area is 508 Å². The summed E-state index contributed by atoms with van der Waals surface area (Å²) in [6, 6.07) is 106. The summed E-state index contributed by atoms with van der Waals surface area (Å²) in [5.41, 5.74) is 23.5. The van der Waals surface area contributed by atoms with E-state index < -0.39 is 11.7 Å². The van der Waals surface area contributed by atoms with Gasteiger partial charge in [0.25, 0.3) is 6.71 Å². The van der Waals surface area contributed by atoms with Gasteiger partial charge in [0.05, 0.1) is 33.9 Å². The van der Waals surface area contributed by atoms with Crippen LogP contribution in [0.4, 0.5) is 47.3 Å². The molecule has 0 spiro atoms. The first-order valence-corrected chi connectivity index (χ1v) is 29.5. The van der Waals surface area contributed by atoms with E-state index >= 15 is 0 Å². The second-order valence-corrected chi connectivity index (χ2v) is 22.6. The van der Waals surface area contributed by atoms with Crippen molar-refractivity contribution in [3.8, 4) is 78.5 Å². The van der Waals surface area contributed by atoms with Crippen molar-refractivity contribution in [2.75, 3.05) is 9.80 Å². The maximum Gasteiger partial charge on any atom is 0.416 e. The molecule has 16 rings (SSSR count). The van der Waals surface area contributed by atoms with Crippen molar-refractivity contribution in [1.29, 1.82) is 5.26 Å². The van der Waals surface area contributed by atoms with E-state index in [0.29, 0.717) is 22.4 Å². The van der Waals surface area contributed by atoms with Crippen molar-refractivity contribution in [2.24, 2.45) is 0 Å². The quantitative estimate of drug-likeness (QED) is 0.135. The number of benzene rings is 13. The van der Waals surface area contributed by atoms with E-state index in [1.807, 2.05) is 30.3 Å². The molecular formula is C80H50BF3N4. The molecule has 1 aromatic heterocycles. The second kappa shape index (κ2) is 21.0. The van der Waals surface area contributed by atoms with Gasteiger partial charge in [-0.15, -0.1) is 0 Å². The molecule has 88 heavy (non-hydrogen) atoms.